The van der Waals surface area contributed by atoms with Gasteiger partial charge in [-0.05, 0) is 53.3 Å². The topological polar surface area (TPSA) is 144 Å². The summed E-state index contributed by atoms with van der Waals surface area (Å²) in [4.78, 5) is 27.9. The molecule has 0 bridgehead atoms. The van der Waals surface area contributed by atoms with Gasteiger partial charge in [-0.2, -0.15) is 4.98 Å². The molecule has 1 atom stereocenters. The number of hydrogen-bond acceptors (Lipinski definition) is 7. The first-order valence-electron chi connectivity index (χ1n) is 11.9. The molecule has 202 valence electrons. The van der Waals surface area contributed by atoms with E-state index >= 15 is 0 Å². The molecular formula is C27H29F2N3O6. The van der Waals surface area contributed by atoms with Crippen LogP contribution >= 0.6 is 0 Å². The van der Waals surface area contributed by atoms with E-state index in [2.05, 4.69) is 10.3 Å². The Labute approximate surface area is 218 Å². The van der Waals surface area contributed by atoms with Crippen molar-refractivity contribution >= 4 is 11.9 Å². The van der Waals surface area contributed by atoms with Gasteiger partial charge >= 0.3 is 5.97 Å². The number of pyridine rings is 1. The fourth-order valence-electron chi connectivity index (χ4n) is 3.57. The predicted molar refractivity (Wildman–Crippen MR) is 135 cm³/mol. The summed E-state index contributed by atoms with van der Waals surface area (Å²) in [5.74, 6) is -5.68. The molecule has 38 heavy (non-hydrogen) atoms. The summed E-state index contributed by atoms with van der Waals surface area (Å²) in [5, 5.41) is 21.0. The van der Waals surface area contributed by atoms with Crippen LogP contribution in [0.4, 0.5) is 8.78 Å². The van der Waals surface area contributed by atoms with Gasteiger partial charge in [-0.25, -0.2) is 13.6 Å². The lowest BCUT2D eigenvalue weighted by molar-refractivity contribution is -0.146. The number of nitrogens with zero attached hydrogens (tertiary/aromatic N) is 1. The average molecular weight is 530 g/mol. The summed E-state index contributed by atoms with van der Waals surface area (Å²) in [6, 6.07) is 12.2. The van der Waals surface area contributed by atoms with E-state index in [4.69, 9.17) is 20.3 Å². The molecule has 0 radical (unpaired) electrons. The number of aromatic nitrogens is 1. The van der Waals surface area contributed by atoms with Gasteiger partial charge in [0.25, 0.3) is 17.7 Å². The van der Waals surface area contributed by atoms with Gasteiger partial charge < -0.3 is 30.7 Å². The summed E-state index contributed by atoms with van der Waals surface area (Å²) < 4.78 is 39.9. The van der Waals surface area contributed by atoms with Gasteiger partial charge in [0.1, 0.15) is 5.75 Å². The van der Waals surface area contributed by atoms with Crippen molar-refractivity contribution in [1.82, 2.24) is 10.3 Å². The van der Waals surface area contributed by atoms with Gasteiger partial charge in [-0.3, -0.25) is 4.79 Å². The minimum absolute atomic E-state index is 0.00396. The van der Waals surface area contributed by atoms with Crippen LogP contribution in [0.3, 0.4) is 0 Å². The molecular weight excluding hydrogens is 500 g/mol. The van der Waals surface area contributed by atoms with Crippen molar-refractivity contribution in [2.75, 3.05) is 13.2 Å². The summed E-state index contributed by atoms with van der Waals surface area (Å²) in [6.45, 7) is 3.57. The zero-order chi connectivity index (χ0) is 27.8. The summed E-state index contributed by atoms with van der Waals surface area (Å²) in [7, 11) is 0. The van der Waals surface area contributed by atoms with E-state index in [1.165, 1.54) is 12.1 Å². The smallest absolute Gasteiger partial charge is 0.344 e. The van der Waals surface area contributed by atoms with Crippen molar-refractivity contribution in [2.24, 2.45) is 11.7 Å². The molecule has 0 fully saturated rings. The van der Waals surface area contributed by atoms with Crippen molar-refractivity contribution in [3.05, 3.63) is 71.3 Å². The maximum atomic E-state index is 14.6. The largest absolute Gasteiger partial charge is 0.479 e. The second-order valence-electron chi connectivity index (χ2n) is 8.87. The Morgan fingerprint density at radius 3 is 2.45 bits per heavy atom. The zero-order valence-corrected chi connectivity index (χ0v) is 20.9. The number of ether oxygens (including phenoxy) is 2. The fraction of sp³-hybridized carbons (Fsp3) is 0.296. The Kier molecular flexibility index (Phi) is 9.69. The third-order valence-corrected chi connectivity index (χ3v) is 5.36. The molecule has 0 spiro atoms. The van der Waals surface area contributed by atoms with Gasteiger partial charge in [0.2, 0.25) is 0 Å². The van der Waals surface area contributed by atoms with Crippen LogP contribution in [-0.4, -0.2) is 46.3 Å². The second-order valence-corrected chi connectivity index (χ2v) is 8.87. The molecule has 1 heterocycles. The number of nitrogens with one attached hydrogen (secondary N) is 1. The number of hydrogen-bond donors (Lipinski definition) is 4. The highest BCUT2D eigenvalue weighted by molar-refractivity contribution is 5.96. The highest BCUT2D eigenvalue weighted by atomic mass is 19.1. The molecule has 9 nitrogen and oxygen atoms in total. The standard InChI is InChI=1S/C27H29F2N3O6/c1-15(2)8-23(27(35)36)38-26-22(29)13-21(28)25(32-26)37-20-11-18(17-5-3-4-16(9-17)14-30)10-19(12-20)24(34)31-6-7-33/h3-5,9-13,15,23,33H,6-8,14,30H2,1-2H3,(H,31,34)(H,35,36). The number of carbonyl (C=O) groups excluding carboxylic acids is 1. The molecule has 1 aromatic heterocycles. The number of carboxylic acid groups (broad SMARTS) is 1. The van der Waals surface area contributed by atoms with Crippen LogP contribution < -0.4 is 20.5 Å². The molecule has 1 amide bonds. The third kappa shape index (κ3) is 7.46. The number of nitrogens with two attached hydrogens (primary N) is 1. The van der Waals surface area contributed by atoms with E-state index in [1.807, 2.05) is 12.1 Å². The molecule has 11 heteroatoms. The number of aliphatic carboxylic acids is 1. The lowest BCUT2D eigenvalue weighted by Gasteiger charge is -2.17. The number of benzene rings is 2. The highest BCUT2D eigenvalue weighted by Gasteiger charge is 2.25. The number of halogens is 2. The molecule has 0 saturated carbocycles. The van der Waals surface area contributed by atoms with Gasteiger partial charge in [-0.15, -0.1) is 0 Å². The molecule has 0 aliphatic heterocycles. The zero-order valence-electron chi connectivity index (χ0n) is 20.9. The van der Waals surface area contributed by atoms with Crippen molar-refractivity contribution in [3.63, 3.8) is 0 Å². The molecule has 3 aromatic rings. The summed E-state index contributed by atoms with van der Waals surface area (Å²) >= 11 is 0. The molecule has 2 aromatic carbocycles. The Balaban J connectivity index is 2.02. The van der Waals surface area contributed by atoms with Crippen LogP contribution in [0.5, 0.6) is 17.5 Å². The van der Waals surface area contributed by atoms with Crippen molar-refractivity contribution in [1.29, 1.82) is 0 Å². The van der Waals surface area contributed by atoms with Crippen molar-refractivity contribution in [2.45, 2.75) is 32.9 Å². The van der Waals surface area contributed by atoms with Crippen molar-refractivity contribution in [3.8, 4) is 28.6 Å². The molecule has 1 unspecified atom stereocenters. The number of amides is 1. The SMILES string of the molecule is CC(C)CC(Oc1nc(Oc2cc(C(=O)NCCO)cc(-c3cccc(CN)c3)c2)c(F)cc1F)C(=O)O. The summed E-state index contributed by atoms with van der Waals surface area (Å²) in [5.41, 5.74) is 7.96. The van der Waals surface area contributed by atoms with E-state index < -0.39 is 41.4 Å². The molecule has 0 aliphatic carbocycles. The number of carboxylic acids is 1. The minimum atomic E-state index is -1.41. The van der Waals surface area contributed by atoms with Crippen LogP contribution in [0.2, 0.25) is 0 Å². The van der Waals surface area contributed by atoms with E-state index in [9.17, 15) is 23.5 Å². The summed E-state index contributed by atoms with van der Waals surface area (Å²) in [6.07, 6.45) is -1.34. The minimum Gasteiger partial charge on any atom is -0.479 e. The van der Waals surface area contributed by atoms with Gasteiger partial charge in [0.15, 0.2) is 17.7 Å². The van der Waals surface area contributed by atoms with Crippen LogP contribution in [0, 0.1) is 17.6 Å². The van der Waals surface area contributed by atoms with Crippen LogP contribution in [0.15, 0.2) is 48.5 Å². The van der Waals surface area contributed by atoms with Crippen LogP contribution in [0.1, 0.15) is 36.2 Å². The first-order valence-corrected chi connectivity index (χ1v) is 11.9. The Hall–Kier alpha value is -4.09. The quantitative estimate of drug-likeness (QED) is 0.277. The lowest BCUT2D eigenvalue weighted by Crippen LogP contribution is -2.29. The lowest BCUT2D eigenvalue weighted by atomic mass is 10.00. The number of carbonyl (C=O) groups is 2. The number of aliphatic hydroxyl groups excluding tert-OH is 1. The number of rotatable bonds is 12. The average Bonchev–Trinajstić information content (AvgIpc) is 2.89. The Morgan fingerprint density at radius 1 is 1.05 bits per heavy atom. The van der Waals surface area contributed by atoms with E-state index in [1.54, 1.807) is 32.0 Å². The Bertz CT molecular complexity index is 1300. The van der Waals surface area contributed by atoms with Gasteiger partial charge in [-0.1, -0.05) is 32.0 Å². The normalized spacial score (nSPS) is 11.8. The van der Waals surface area contributed by atoms with Crippen LogP contribution in [-0.2, 0) is 11.3 Å². The van der Waals surface area contributed by atoms with E-state index in [-0.39, 0.29) is 43.3 Å². The third-order valence-electron chi connectivity index (χ3n) is 5.36. The first-order chi connectivity index (χ1) is 18.1. The van der Waals surface area contributed by atoms with Crippen LogP contribution in [0.25, 0.3) is 11.1 Å². The maximum absolute atomic E-state index is 14.6. The highest BCUT2D eigenvalue weighted by Crippen LogP contribution is 2.32. The second kappa shape index (κ2) is 12.9. The van der Waals surface area contributed by atoms with Crippen molar-refractivity contribution < 1.29 is 38.1 Å². The first kappa shape index (κ1) is 28.5. The molecule has 0 saturated heterocycles. The monoisotopic (exact) mass is 529 g/mol. The van der Waals surface area contributed by atoms with E-state index in [0.29, 0.717) is 17.2 Å². The van der Waals surface area contributed by atoms with E-state index in [0.717, 1.165) is 5.56 Å². The number of aliphatic hydroxyl groups is 1. The fourth-order valence-corrected chi connectivity index (χ4v) is 3.57. The van der Waals surface area contributed by atoms with Gasteiger partial charge in [0.05, 0.1) is 6.61 Å². The molecule has 3 rings (SSSR count). The predicted octanol–water partition coefficient (Wildman–Crippen LogP) is 3.88. The van der Waals surface area contributed by atoms with Gasteiger partial charge in [0, 0.05) is 24.7 Å². The molecule has 0 aliphatic rings. The Morgan fingerprint density at radius 2 is 1.79 bits per heavy atom. The molecule has 5 N–H and O–H groups in total. The maximum Gasteiger partial charge on any atom is 0.344 e.